The Morgan fingerprint density at radius 2 is 1.92 bits per heavy atom. The van der Waals surface area contributed by atoms with Crippen LogP contribution in [0.5, 0.6) is 0 Å². The zero-order valence-corrected chi connectivity index (χ0v) is 16.6. The van der Waals surface area contributed by atoms with Crippen LogP contribution in [0.15, 0.2) is 36.5 Å². The van der Waals surface area contributed by atoms with Crippen LogP contribution in [0.3, 0.4) is 0 Å². The van der Waals surface area contributed by atoms with Crippen molar-refractivity contribution in [1.29, 1.82) is 0 Å². The first-order valence-electron chi connectivity index (χ1n) is 8.64. The summed E-state index contributed by atoms with van der Waals surface area (Å²) in [5.74, 6) is -0.0396. The molecule has 2 heterocycles. The summed E-state index contributed by atoms with van der Waals surface area (Å²) in [7, 11) is -3.24. The van der Waals surface area contributed by atoms with Crippen LogP contribution in [-0.4, -0.2) is 42.5 Å². The smallest absolute Gasteiger partial charge is 0.236 e. The number of anilines is 1. The molecule has 1 amide bonds. The standard InChI is InChI=1S/C18H23N3O3S2/c1-3-26(23,24)21-11-9-18(10-12-21,15-7-5-4-6-8-15)16(22)20-17-19-13-14(2)25-17/h4-8,13H,3,9-12H2,1-2H3,(H,19,20,22). The first kappa shape index (κ1) is 19.0. The summed E-state index contributed by atoms with van der Waals surface area (Å²) in [6, 6.07) is 9.61. The molecule has 26 heavy (non-hydrogen) atoms. The molecule has 1 saturated heterocycles. The monoisotopic (exact) mass is 393 g/mol. The predicted octanol–water partition coefficient (Wildman–Crippen LogP) is 2.77. The van der Waals surface area contributed by atoms with Gasteiger partial charge in [-0.25, -0.2) is 17.7 Å². The van der Waals surface area contributed by atoms with Crippen molar-refractivity contribution in [3.05, 3.63) is 47.0 Å². The van der Waals surface area contributed by atoms with E-state index in [1.54, 1.807) is 13.1 Å². The number of aromatic nitrogens is 1. The van der Waals surface area contributed by atoms with E-state index in [4.69, 9.17) is 0 Å². The molecular weight excluding hydrogens is 370 g/mol. The Balaban J connectivity index is 1.89. The molecule has 1 aromatic heterocycles. The van der Waals surface area contributed by atoms with Gasteiger partial charge >= 0.3 is 0 Å². The Kier molecular flexibility index (Phi) is 5.45. The summed E-state index contributed by atoms with van der Waals surface area (Å²) in [5, 5.41) is 3.52. The number of hydrogen-bond acceptors (Lipinski definition) is 5. The quantitative estimate of drug-likeness (QED) is 0.847. The third kappa shape index (κ3) is 3.67. The van der Waals surface area contributed by atoms with E-state index in [0.717, 1.165) is 10.4 Å². The number of nitrogens with zero attached hydrogens (tertiary/aromatic N) is 2. The van der Waals surface area contributed by atoms with Gasteiger partial charge in [-0.3, -0.25) is 4.79 Å². The van der Waals surface area contributed by atoms with Crippen LogP contribution in [0, 0.1) is 6.92 Å². The topological polar surface area (TPSA) is 79.4 Å². The molecule has 1 fully saturated rings. The lowest BCUT2D eigenvalue weighted by Gasteiger charge is -2.40. The summed E-state index contributed by atoms with van der Waals surface area (Å²) in [4.78, 5) is 18.5. The van der Waals surface area contributed by atoms with Crippen molar-refractivity contribution in [1.82, 2.24) is 9.29 Å². The maximum Gasteiger partial charge on any atom is 0.236 e. The summed E-state index contributed by atoms with van der Waals surface area (Å²) in [6.45, 7) is 4.27. The number of carbonyl (C=O) groups is 1. The zero-order chi connectivity index (χ0) is 18.8. The number of rotatable bonds is 5. The first-order chi connectivity index (χ1) is 12.4. The van der Waals surface area contributed by atoms with Gasteiger partial charge in [-0.2, -0.15) is 0 Å². The Morgan fingerprint density at radius 3 is 2.46 bits per heavy atom. The number of piperidine rings is 1. The Hall–Kier alpha value is -1.77. The van der Waals surface area contributed by atoms with Gasteiger partial charge in [-0.1, -0.05) is 30.3 Å². The number of benzene rings is 1. The molecule has 1 aromatic carbocycles. The molecule has 140 valence electrons. The van der Waals surface area contributed by atoms with Crippen molar-refractivity contribution in [2.75, 3.05) is 24.2 Å². The van der Waals surface area contributed by atoms with Crippen molar-refractivity contribution >= 4 is 32.4 Å². The Morgan fingerprint density at radius 1 is 1.27 bits per heavy atom. The highest BCUT2D eigenvalue weighted by atomic mass is 32.2. The normalized spacial score (nSPS) is 17.8. The molecule has 6 nitrogen and oxygen atoms in total. The molecule has 1 aliphatic rings. The van der Waals surface area contributed by atoms with Crippen molar-refractivity contribution in [2.24, 2.45) is 0 Å². The van der Waals surface area contributed by atoms with E-state index in [9.17, 15) is 13.2 Å². The summed E-state index contributed by atoms with van der Waals surface area (Å²) >= 11 is 1.43. The molecule has 1 N–H and O–H groups in total. The lowest BCUT2D eigenvalue weighted by Crippen LogP contribution is -2.51. The van der Waals surface area contributed by atoms with E-state index < -0.39 is 15.4 Å². The van der Waals surface area contributed by atoms with Gasteiger partial charge in [-0.15, -0.1) is 11.3 Å². The minimum Gasteiger partial charge on any atom is -0.301 e. The highest BCUT2D eigenvalue weighted by Crippen LogP contribution is 2.38. The fourth-order valence-corrected chi connectivity index (χ4v) is 5.13. The van der Waals surface area contributed by atoms with Crippen LogP contribution in [0.25, 0.3) is 0 Å². The average molecular weight is 394 g/mol. The van der Waals surface area contributed by atoms with E-state index >= 15 is 0 Å². The lowest BCUT2D eigenvalue weighted by atomic mass is 9.72. The Labute approximate surface area is 158 Å². The molecule has 1 aliphatic heterocycles. The van der Waals surface area contributed by atoms with Crippen molar-refractivity contribution in [2.45, 2.75) is 32.1 Å². The van der Waals surface area contributed by atoms with Gasteiger partial charge in [0.1, 0.15) is 0 Å². The number of carbonyl (C=O) groups excluding carboxylic acids is 1. The van der Waals surface area contributed by atoms with Gasteiger partial charge in [0.05, 0.1) is 11.2 Å². The SMILES string of the molecule is CCS(=O)(=O)N1CCC(C(=O)Nc2ncc(C)s2)(c2ccccc2)CC1. The van der Waals surface area contributed by atoms with Crippen molar-refractivity contribution in [3.8, 4) is 0 Å². The maximum atomic E-state index is 13.2. The molecule has 3 rings (SSSR count). The molecule has 0 radical (unpaired) electrons. The molecule has 0 aliphatic carbocycles. The second-order valence-corrected chi connectivity index (χ2v) is 9.97. The summed E-state index contributed by atoms with van der Waals surface area (Å²) in [5.41, 5.74) is 0.167. The van der Waals surface area contributed by atoms with Crippen LogP contribution >= 0.6 is 11.3 Å². The van der Waals surface area contributed by atoms with E-state index in [2.05, 4.69) is 10.3 Å². The van der Waals surface area contributed by atoms with Crippen LogP contribution in [0.4, 0.5) is 5.13 Å². The van der Waals surface area contributed by atoms with Crippen LogP contribution in [0.2, 0.25) is 0 Å². The van der Waals surface area contributed by atoms with Crippen LogP contribution < -0.4 is 5.32 Å². The number of sulfonamides is 1. The number of thiazole rings is 1. The summed E-state index contributed by atoms with van der Waals surface area (Å²) < 4.78 is 25.9. The fraction of sp³-hybridized carbons (Fsp3) is 0.444. The van der Waals surface area contributed by atoms with Gasteiger partial charge in [0.2, 0.25) is 15.9 Å². The maximum absolute atomic E-state index is 13.2. The van der Waals surface area contributed by atoms with E-state index in [1.165, 1.54) is 15.6 Å². The number of hydrogen-bond donors (Lipinski definition) is 1. The van der Waals surface area contributed by atoms with Crippen molar-refractivity contribution in [3.63, 3.8) is 0 Å². The van der Waals surface area contributed by atoms with Gasteiger partial charge < -0.3 is 5.32 Å². The molecule has 0 bridgehead atoms. The van der Waals surface area contributed by atoms with Crippen molar-refractivity contribution < 1.29 is 13.2 Å². The third-order valence-corrected chi connectivity index (χ3v) is 7.65. The first-order valence-corrected chi connectivity index (χ1v) is 11.1. The molecule has 0 spiro atoms. The summed E-state index contributed by atoms with van der Waals surface area (Å²) in [6.07, 6.45) is 2.63. The highest BCUT2D eigenvalue weighted by molar-refractivity contribution is 7.89. The molecule has 0 unspecified atom stereocenters. The lowest BCUT2D eigenvalue weighted by molar-refractivity contribution is -0.123. The predicted molar refractivity (Wildman–Crippen MR) is 104 cm³/mol. The zero-order valence-electron chi connectivity index (χ0n) is 14.9. The molecule has 0 atom stereocenters. The fourth-order valence-electron chi connectivity index (χ4n) is 3.36. The van der Waals surface area contributed by atoms with Crippen LogP contribution in [0.1, 0.15) is 30.2 Å². The van der Waals surface area contributed by atoms with Gasteiger partial charge in [-0.05, 0) is 32.3 Å². The average Bonchev–Trinajstić information content (AvgIpc) is 3.07. The Bertz CT molecular complexity index is 870. The van der Waals surface area contributed by atoms with Gasteiger partial charge in [0.25, 0.3) is 0 Å². The van der Waals surface area contributed by atoms with E-state index in [-0.39, 0.29) is 11.7 Å². The second-order valence-electron chi connectivity index (χ2n) is 6.48. The molecule has 8 heteroatoms. The molecule has 0 saturated carbocycles. The van der Waals surface area contributed by atoms with E-state index in [0.29, 0.717) is 31.1 Å². The van der Waals surface area contributed by atoms with Gasteiger partial charge in [0.15, 0.2) is 5.13 Å². The van der Waals surface area contributed by atoms with E-state index in [1.807, 2.05) is 37.3 Å². The number of aryl methyl sites for hydroxylation is 1. The van der Waals surface area contributed by atoms with Gasteiger partial charge in [0, 0.05) is 24.2 Å². The molecular formula is C18H23N3O3S2. The minimum atomic E-state index is -3.24. The minimum absolute atomic E-state index is 0.0793. The highest BCUT2D eigenvalue weighted by Gasteiger charge is 2.44. The molecule has 2 aromatic rings. The largest absolute Gasteiger partial charge is 0.301 e. The third-order valence-electron chi connectivity index (χ3n) is 4.94. The number of amides is 1. The van der Waals surface area contributed by atoms with Crippen LogP contribution in [-0.2, 0) is 20.2 Å². The second kappa shape index (κ2) is 7.46. The number of nitrogens with one attached hydrogen (secondary N) is 1.